The molecule has 0 saturated carbocycles. The van der Waals surface area contributed by atoms with Crippen LogP contribution in [0.3, 0.4) is 0 Å². The van der Waals surface area contributed by atoms with Crippen LogP contribution >= 0.6 is 12.4 Å². The van der Waals surface area contributed by atoms with Gasteiger partial charge in [0.2, 0.25) is 5.91 Å². The highest BCUT2D eigenvalue weighted by molar-refractivity contribution is 5.95. The number of hydrogen-bond acceptors (Lipinski definition) is 2. The largest absolute Gasteiger partial charge is 0.323 e. The summed E-state index contributed by atoms with van der Waals surface area (Å²) in [6, 6.07) is 6.60. The lowest BCUT2D eigenvalue weighted by Crippen LogP contribution is -2.26. The minimum absolute atomic E-state index is 0. The van der Waals surface area contributed by atoms with Crippen molar-refractivity contribution in [3.05, 3.63) is 64.5 Å². The van der Waals surface area contributed by atoms with E-state index in [9.17, 15) is 18.0 Å². The number of carbonyl (C=O) groups is 1. The average molecular weight is 371 g/mol. The second-order valence-corrected chi connectivity index (χ2v) is 5.88. The van der Waals surface area contributed by atoms with E-state index >= 15 is 0 Å². The van der Waals surface area contributed by atoms with Crippen molar-refractivity contribution < 1.29 is 18.0 Å². The first-order valence-electron chi connectivity index (χ1n) is 7.74. The number of benzene rings is 2. The van der Waals surface area contributed by atoms with Gasteiger partial charge in [-0.15, -0.1) is 12.4 Å². The molecular weight excluding hydrogens is 353 g/mol. The van der Waals surface area contributed by atoms with Gasteiger partial charge in [0, 0.05) is 6.54 Å². The Morgan fingerprint density at radius 1 is 1.16 bits per heavy atom. The maximum Gasteiger partial charge on any atom is 0.231 e. The van der Waals surface area contributed by atoms with E-state index in [1.165, 1.54) is 12.1 Å². The summed E-state index contributed by atoms with van der Waals surface area (Å²) in [5, 5.41) is 5.70. The minimum atomic E-state index is -1.01. The Labute approximate surface area is 150 Å². The first kappa shape index (κ1) is 19.3. The smallest absolute Gasteiger partial charge is 0.231 e. The van der Waals surface area contributed by atoms with Crippen molar-refractivity contribution in [3.63, 3.8) is 0 Å². The van der Waals surface area contributed by atoms with E-state index in [-0.39, 0.29) is 18.1 Å². The van der Waals surface area contributed by atoms with E-state index in [0.29, 0.717) is 30.6 Å². The van der Waals surface area contributed by atoms with E-state index in [1.807, 2.05) is 0 Å². The Hall–Kier alpha value is -2.05. The summed E-state index contributed by atoms with van der Waals surface area (Å²) >= 11 is 0. The Morgan fingerprint density at radius 3 is 2.64 bits per heavy atom. The van der Waals surface area contributed by atoms with Crippen molar-refractivity contribution in [1.29, 1.82) is 0 Å². The van der Waals surface area contributed by atoms with Gasteiger partial charge < -0.3 is 10.6 Å². The monoisotopic (exact) mass is 370 g/mol. The summed E-state index contributed by atoms with van der Waals surface area (Å²) < 4.78 is 40.8. The number of hydrogen-bond donors (Lipinski definition) is 2. The lowest BCUT2D eigenvalue weighted by atomic mass is 9.98. The SMILES string of the molecule is CC(C(=O)Nc1ccc2c(c1F)CCNC2)c1ccc(F)c(F)c1.Cl. The van der Waals surface area contributed by atoms with Crippen LogP contribution < -0.4 is 10.6 Å². The fraction of sp³-hybridized carbons (Fsp3) is 0.278. The van der Waals surface area contributed by atoms with Crippen LogP contribution in [-0.2, 0) is 17.8 Å². The fourth-order valence-corrected chi connectivity index (χ4v) is 2.80. The van der Waals surface area contributed by atoms with Crippen molar-refractivity contribution >= 4 is 24.0 Å². The van der Waals surface area contributed by atoms with E-state index in [0.717, 1.165) is 17.7 Å². The lowest BCUT2D eigenvalue weighted by Gasteiger charge is -2.20. The highest BCUT2D eigenvalue weighted by Crippen LogP contribution is 2.26. The first-order valence-corrected chi connectivity index (χ1v) is 7.74. The van der Waals surface area contributed by atoms with E-state index in [1.54, 1.807) is 13.0 Å². The molecule has 0 aromatic heterocycles. The second kappa shape index (κ2) is 7.89. The van der Waals surface area contributed by atoms with Crippen LogP contribution in [0.2, 0.25) is 0 Å². The molecule has 2 aromatic carbocycles. The number of rotatable bonds is 3. The number of halogens is 4. The molecule has 1 atom stereocenters. The maximum atomic E-state index is 14.5. The molecule has 1 aliphatic rings. The molecule has 0 radical (unpaired) electrons. The van der Waals surface area contributed by atoms with Crippen molar-refractivity contribution in [3.8, 4) is 0 Å². The van der Waals surface area contributed by atoms with Crippen LogP contribution in [0.15, 0.2) is 30.3 Å². The van der Waals surface area contributed by atoms with Crippen LogP contribution in [0.5, 0.6) is 0 Å². The summed E-state index contributed by atoms with van der Waals surface area (Å²) in [6.07, 6.45) is 0.559. The van der Waals surface area contributed by atoms with Gasteiger partial charge in [-0.05, 0) is 54.8 Å². The van der Waals surface area contributed by atoms with Gasteiger partial charge in [-0.3, -0.25) is 4.79 Å². The molecule has 1 aliphatic heterocycles. The summed E-state index contributed by atoms with van der Waals surface area (Å²) in [5.74, 6) is -3.63. The zero-order valence-electron chi connectivity index (χ0n) is 13.5. The van der Waals surface area contributed by atoms with E-state index in [4.69, 9.17) is 0 Å². The van der Waals surface area contributed by atoms with Crippen molar-refractivity contribution in [2.45, 2.75) is 25.8 Å². The Kier molecular flexibility index (Phi) is 6.08. The van der Waals surface area contributed by atoms with Gasteiger partial charge in [0.15, 0.2) is 11.6 Å². The molecular formula is C18H18ClF3N2O. The van der Waals surface area contributed by atoms with Crippen LogP contribution in [0.1, 0.15) is 29.5 Å². The molecule has 0 bridgehead atoms. The number of fused-ring (bicyclic) bond motifs is 1. The van der Waals surface area contributed by atoms with Gasteiger partial charge >= 0.3 is 0 Å². The topological polar surface area (TPSA) is 41.1 Å². The third-order valence-corrected chi connectivity index (χ3v) is 4.30. The highest BCUT2D eigenvalue weighted by Gasteiger charge is 2.21. The third kappa shape index (κ3) is 3.96. The molecule has 2 aromatic rings. The highest BCUT2D eigenvalue weighted by atomic mass is 35.5. The van der Waals surface area contributed by atoms with Gasteiger partial charge in [-0.2, -0.15) is 0 Å². The molecule has 3 rings (SSSR count). The lowest BCUT2D eigenvalue weighted by molar-refractivity contribution is -0.117. The summed E-state index contributed by atoms with van der Waals surface area (Å²) in [4.78, 5) is 12.3. The average Bonchev–Trinajstić information content (AvgIpc) is 2.59. The molecule has 1 heterocycles. The number of amides is 1. The molecule has 0 spiro atoms. The molecule has 0 aliphatic carbocycles. The van der Waals surface area contributed by atoms with Gasteiger partial charge in [0.25, 0.3) is 0 Å². The zero-order chi connectivity index (χ0) is 17.3. The predicted molar refractivity (Wildman–Crippen MR) is 92.5 cm³/mol. The van der Waals surface area contributed by atoms with Gasteiger partial charge in [-0.1, -0.05) is 12.1 Å². The number of anilines is 1. The van der Waals surface area contributed by atoms with Crippen LogP contribution in [-0.4, -0.2) is 12.5 Å². The quantitative estimate of drug-likeness (QED) is 0.860. The Morgan fingerprint density at radius 2 is 1.92 bits per heavy atom. The van der Waals surface area contributed by atoms with Gasteiger partial charge in [0.05, 0.1) is 11.6 Å². The molecule has 0 saturated heterocycles. The Balaban J connectivity index is 0.00000225. The fourth-order valence-electron chi connectivity index (χ4n) is 2.80. The normalized spacial score (nSPS) is 14.2. The van der Waals surface area contributed by atoms with E-state index < -0.39 is 29.3 Å². The summed E-state index contributed by atoms with van der Waals surface area (Å²) in [6.45, 7) is 2.85. The van der Waals surface area contributed by atoms with Gasteiger partial charge in [0.1, 0.15) is 5.82 Å². The molecule has 1 amide bonds. The van der Waals surface area contributed by atoms with Crippen LogP contribution in [0.25, 0.3) is 0 Å². The maximum absolute atomic E-state index is 14.5. The number of carbonyl (C=O) groups excluding carboxylic acids is 1. The summed E-state index contributed by atoms with van der Waals surface area (Å²) in [5.41, 5.74) is 1.92. The van der Waals surface area contributed by atoms with Crippen LogP contribution in [0.4, 0.5) is 18.9 Å². The van der Waals surface area contributed by atoms with Crippen molar-refractivity contribution in [1.82, 2.24) is 5.32 Å². The van der Waals surface area contributed by atoms with Gasteiger partial charge in [-0.25, -0.2) is 13.2 Å². The predicted octanol–water partition coefficient (Wildman–Crippen LogP) is 3.91. The molecule has 3 nitrogen and oxygen atoms in total. The Bertz CT molecular complexity index is 798. The molecule has 0 fully saturated rings. The number of nitrogens with one attached hydrogen (secondary N) is 2. The molecule has 7 heteroatoms. The van der Waals surface area contributed by atoms with Crippen LogP contribution in [0, 0.1) is 17.5 Å². The standard InChI is InChI=1S/C18H17F3N2O.ClH/c1-10(11-2-4-14(19)15(20)8-11)18(24)23-16-5-3-12-9-22-7-6-13(12)17(16)21;/h2-5,8,10,22H,6-7,9H2,1H3,(H,23,24);1H. The first-order chi connectivity index (χ1) is 11.5. The zero-order valence-corrected chi connectivity index (χ0v) is 14.4. The third-order valence-electron chi connectivity index (χ3n) is 4.30. The molecule has 25 heavy (non-hydrogen) atoms. The molecule has 1 unspecified atom stereocenters. The minimum Gasteiger partial charge on any atom is -0.323 e. The second-order valence-electron chi connectivity index (χ2n) is 5.88. The van der Waals surface area contributed by atoms with E-state index in [2.05, 4.69) is 10.6 Å². The molecule has 2 N–H and O–H groups in total. The van der Waals surface area contributed by atoms with Crippen molar-refractivity contribution in [2.24, 2.45) is 0 Å². The molecule has 134 valence electrons. The summed E-state index contributed by atoms with van der Waals surface area (Å²) in [7, 11) is 0. The van der Waals surface area contributed by atoms with Crippen molar-refractivity contribution in [2.75, 3.05) is 11.9 Å².